The van der Waals surface area contributed by atoms with E-state index in [2.05, 4.69) is 39.4 Å². The Balaban J connectivity index is 1.50. The molecule has 144 valence electrons. The third-order valence-electron chi connectivity index (χ3n) is 5.29. The van der Waals surface area contributed by atoms with Gasteiger partial charge in [-0.1, -0.05) is 24.3 Å². The lowest BCUT2D eigenvalue weighted by molar-refractivity contribution is 0.0508. The number of alkyl carbamates (subject to hydrolysis) is 1. The quantitative estimate of drug-likeness (QED) is 0.893. The van der Waals surface area contributed by atoms with Crippen molar-refractivity contribution in [3.63, 3.8) is 0 Å². The van der Waals surface area contributed by atoms with Crippen molar-refractivity contribution >= 4 is 6.09 Å². The summed E-state index contributed by atoms with van der Waals surface area (Å²) in [5, 5.41) is 2.90. The summed E-state index contributed by atoms with van der Waals surface area (Å²) in [7, 11) is 0. The minimum absolute atomic E-state index is 0.0686. The molecule has 2 unspecified atom stereocenters. The fourth-order valence-electron chi connectivity index (χ4n) is 3.94. The van der Waals surface area contributed by atoms with E-state index in [1.807, 2.05) is 27.7 Å². The summed E-state index contributed by atoms with van der Waals surface area (Å²) in [6, 6.07) is 9.29. The van der Waals surface area contributed by atoms with Crippen molar-refractivity contribution in [2.45, 2.75) is 64.8 Å². The predicted molar refractivity (Wildman–Crippen MR) is 104 cm³/mol. The number of rotatable bonds is 4. The zero-order valence-electron chi connectivity index (χ0n) is 16.6. The van der Waals surface area contributed by atoms with Crippen molar-refractivity contribution in [2.75, 3.05) is 26.2 Å². The highest BCUT2D eigenvalue weighted by Crippen LogP contribution is 2.23. The van der Waals surface area contributed by atoms with Gasteiger partial charge in [0.15, 0.2) is 0 Å². The van der Waals surface area contributed by atoms with Crippen LogP contribution in [0.25, 0.3) is 0 Å². The number of carbonyl (C=O) groups excluding carboxylic acids is 1. The first-order valence-electron chi connectivity index (χ1n) is 9.85. The number of benzene rings is 1. The van der Waals surface area contributed by atoms with E-state index in [-0.39, 0.29) is 12.1 Å². The number of nitrogens with one attached hydrogen (secondary N) is 1. The zero-order chi connectivity index (χ0) is 18.7. The average molecular weight is 360 g/mol. The summed E-state index contributed by atoms with van der Waals surface area (Å²) >= 11 is 0. The Morgan fingerprint density at radius 3 is 2.65 bits per heavy atom. The number of carbonyl (C=O) groups is 1. The molecule has 2 saturated heterocycles. The third-order valence-corrected chi connectivity index (χ3v) is 5.29. The summed E-state index contributed by atoms with van der Waals surface area (Å²) in [5.41, 5.74) is 1.96. The molecule has 2 aliphatic heterocycles. The molecule has 1 amide bonds. The normalized spacial score (nSPS) is 22.7. The second-order valence-electron chi connectivity index (χ2n) is 8.68. The van der Waals surface area contributed by atoms with Gasteiger partial charge in [-0.2, -0.15) is 0 Å². The maximum atomic E-state index is 11.9. The molecular formula is C21H33N3O2. The summed E-state index contributed by atoms with van der Waals surface area (Å²) in [5.74, 6) is 0. The Bertz CT molecular complexity index is 609. The summed E-state index contributed by atoms with van der Waals surface area (Å²) in [4.78, 5) is 17.1. The molecule has 2 fully saturated rings. The number of hydrogen-bond donors (Lipinski definition) is 1. The van der Waals surface area contributed by atoms with Crippen LogP contribution in [0.4, 0.5) is 4.79 Å². The van der Waals surface area contributed by atoms with E-state index in [1.165, 1.54) is 38.0 Å². The van der Waals surface area contributed by atoms with Crippen molar-refractivity contribution in [1.82, 2.24) is 15.1 Å². The Hall–Kier alpha value is -1.59. The highest BCUT2D eigenvalue weighted by atomic mass is 16.6. The van der Waals surface area contributed by atoms with Crippen LogP contribution in [0.3, 0.4) is 0 Å². The molecule has 2 heterocycles. The minimum atomic E-state index is -0.475. The van der Waals surface area contributed by atoms with Gasteiger partial charge in [-0.05, 0) is 58.2 Å². The van der Waals surface area contributed by atoms with E-state index < -0.39 is 5.60 Å². The van der Waals surface area contributed by atoms with Crippen LogP contribution in [0, 0.1) is 0 Å². The molecule has 3 rings (SSSR count). The van der Waals surface area contributed by atoms with Gasteiger partial charge >= 0.3 is 6.09 Å². The van der Waals surface area contributed by atoms with Crippen LogP contribution in [-0.2, 0) is 11.3 Å². The van der Waals surface area contributed by atoms with E-state index in [0.717, 1.165) is 24.7 Å². The molecule has 5 nitrogen and oxygen atoms in total. The lowest BCUT2D eigenvalue weighted by Crippen LogP contribution is -2.49. The van der Waals surface area contributed by atoms with E-state index >= 15 is 0 Å². The number of amides is 1. The molecule has 0 spiro atoms. The van der Waals surface area contributed by atoms with Crippen LogP contribution >= 0.6 is 0 Å². The largest absolute Gasteiger partial charge is 0.444 e. The van der Waals surface area contributed by atoms with E-state index in [0.29, 0.717) is 0 Å². The van der Waals surface area contributed by atoms with Crippen molar-refractivity contribution in [3.8, 4) is 0 Å². The Morgan fingerprint density at radius 1 is 1.23 bits per heavy atom. The summed E-state index contributed by atoms with van der Waals surface area (Å²) in [6.45, 7) is 13.5. The number of ether oxygens (including phenoxy) is 1. The highest BCUT2D eigenvalue weighted by molar-refractivity contribution is 5.68. The second kappa shape index (κ2) is 7.97. The molecule has 0 saturated carbocycles. The maximum absolute atomic E-state index is 11.9. The summed E-state index contributed by atoms with van der Waals surface area (Å²) in [6.07, 6.45) is 2.34. The first-order chi connectivity index (χ1) is 12.3. The molecule has 0 bridgehead atoms. The van der Waals surface area contributed by atoms with Crippen LogP contribution in [0.2, 0.25) is 0 Å². The van der Waals surface area contributed by atoms with Crippen LogP contribution in [-0.4, -0.2) is 53.7 Å². The molecule has 0 radical (unpaired) electrons. The lowest BCUT2D eigenvalue weighted by Gasteiger charge is -2.37. The fourth-order valence-corrected chi connectivity index (χ4v) is 3.94. The lowest BCUT2D eigenvalue weighted by atomic mass is 10.1. The van der Waals surface area contributed by atoms with Crippen molar-refractivity contribution in [2.24, 2.45) is 0 Å². The van der Waals surface area contributed by atoms with Gasteiger partial charge in [0, 0.05) is 32.2 Å². The Labute approximate surface area is 157 Å². The number of fused-ring (bicyclic) bond motifs is 1. The molecular weight excluding hydrogens is 326 g/mol. The molecule has 2 atom stereocenters. The molecule has 26 heavy (non-hydrogen) atoms. The first-order valence-corrected chi connectivity index (χ1v) is 9.85. The fraction of sp³-hybridized carbons (Fsp3) is 0.667. The van der Waals surface area contributed by atoms with Gasteiger partial charge < -0.3 is 10.1 Å². The Morgan fingerprint density at radius 2 is 1.96 bits per heavy atom. The van der Waals surface area contributed by atoms with Gasteiger partial charge in [0.2, 0.25) is 0 Å². The second-order valence-corrected chi connectivity index (χ2v) is 8.68. The van der Waals surface area contributed by atoms with Crippen molar-refractivity contribution in [1.29, 1.82) is 0 Å². The maximum Gasteiger partial charge on any atom is 0.408 e. The minimum Gasteiger partial charge on any atom is -0.444 e. The topological polar surface area (TPSA) is 44.8 Å². The van der Waals surface area contributed by atoms with Gasteiger partial charge in [0.1, 0.15) is 5.60 Å². The SMILES string of the molecule is CC(NC(=O)OC(C)(C)C)c1ccc(CN2CCN3CCCC3C2)cc1. The van der Waals surface area contributed by atoms with Crippen molar-refractivity contribution in [3.05, 3.63) is 35.4 Å². The van der Waals surface area contributed by atoms with Gasteiger partial charge in [0.05, 0.1) is 6.04 Å². The van der Waals surface area contributed by atoms with Gasteiger partial charge in [-0.15, -0.1) is 0 Å². The molecule has 0 aliphatic carbocycles. The monoisotopic (exact) mass is 359 g/mol. The zero-order valence-corrected chi connectivity index (χ0v) is 16.6. The van der Waals surface area contributed by atoms with Gasteiger partial charge in [-0.25, -0.2) is 4.79 Å². The van der Waals surface area contributed by atoms with Crippen LogP contribution < -0.4 is 5.32 Å². The number of nitrogens with zero attached hydrogens (tertiary/aromatic N) is 2. The number of hydrogen-bond acceptors (Lipinski definition) is 4. The molecule has 1 aromatic rings. The first kappa shape index (κ1) is 19.2. The third kappa shape index (κ3) is 5.21. The van der Waals surface area contributed by atoms with Crippen LogP contribution in [0.1, 0.15) is 57.7 Å². The van der Waals surface area contributed by atoms with E-state index in [1.54, 1.807) is 0 Å². The smallest absolute Gasteiger partial charge is 0.408 e. The Kier molecular flexibility index (Phi) is 5.88. The highest BCUT2D eigenvalue weighted by Gasteiger charge is 2.30. The molecule has 1 N–H and O–H groups in total. The predicted octanol–water partition coefficient (Wildman–Crippen LogP) is 3.55. The molecule has 2 aliphatic rings. The molecule has 1 aromatic carbocycles. The van der Waals surface area contributed by atoms with Crippen molar-refractivity contribution < 1.29 is 9.53 Å². The van der Waals surface area contributed by atoms with Crippen LogP contribution in [0.5, 0.6) is 0 Å². The van der Waals surface area contributed by atoms with Gasteiger partial charge in [0.25, 0.3) is 0 Å². The van der Waals surface area contributed by atoms with E-state index in [4.69, 9.17) is 4.74 Å². The molecule has 0 aromatic heterocycles. The van der Waals surface area contributed by atoms with E-state index in [9.17, 15) is 4.79 Å². The average Bonchev–Trinajstić information content (AvgIpc) is 3.01. The van der Waals surface area contributed by atoms with Crippen LogP contribution in [0.15, 0.2) is 24.3 Å². The molecule has 5 heteroatoms. The number of piperazine rings is 1. The standard InChI is InChI=1S/C21H33N3O2/c1-16(22-20(25)26-21(2,3)4)18-9-7-17(8-10-18)14-23-12-13-24-11-5-6-19(24)15-23/h7-10,16,19H,5-6,11-15H2,1-4H3,(H,22,25). The summed E-state index contributed by atoms with van der Waals surface area (Å²) < 4.78 is 5.33. The van der Waals surface area contributed by atoms with Gasteiger partial charge in [-0.3, -0.25) is 9.80 Å².